The number of allylic oxidation sites excluding steroid dienone is 1. The quantitative estimate of drug-likeness (QED) is 0.0207. The molecule has 0 aromatic heterocycles. The van der Waals surface area contributed by atoms with Gasteiger partial charge in [-0.25, -0.2) is 4.79 Å². The lowest BCUT2D eigenvalue weighted by Crippen LogP contribution is -2.72. The van der Waals surface area contributed by atoms with Gasteiger partial charge >= 0.3 is 5.97 Å². The predicted octanol–water partition coefficient (Wildman–Crippen LogP) is -7.46. The lowest BCUT2D eigenvalue weighted by molar-refractivity contribution is -0.403. The highest BCUT2D eigenvalue weighted by atomic mass is 16.8. The number of nitrogens with two attached hydrogens (primary N) is 1. The van der Waals surface area contributed by atoms with Gasteiger partial charge in [0.15, 0.2) is 25.2 Å². The molecule has 0 unspecified atom stereocenters. The van der Waals surface area contributed by atoms with E-state index < -0.39 is 235 Å². The molecule has 88 heavy (non-hydrogen) atoms. The molecule has 5 rings (SSSR count). The van der Waals surface area contributed by atoms with Crippen LogP contribution in [0.3, 0.4) is 0 Å². The maximum absolute atomic E-state index is 13.6. The molecule has 0 aliphatic carbocycles. The van der Waals surface area contributed by atoms with Gasteiger partial charge < -0.3 is 151 Å². The highest BCUT2D eigenvalue weighted by molar-refractivity contribution is 5.76. The van der Waals surface area contributed by atoms with Crippen molar-refractivity contribution < 1.29 is 149 Å². The zero-order chi connectivity index (χ0) is 65.2. The van der Waals surface area contributed by atoms with Gasteiger partial charge in [0.1, 0.15) is 116 Å². The van der Waals surface area contributed by atoms with Crippen molar-refractivity contribution in [2.45, 2.75) is 275 Å². The van der Waals surface area contributed by atoms with Crippen LogP contribution in [-0.4, -0.2) is 315 Å². The fourth-order valence-corrected chi connectivity index (χ4v) is 11.3. The Labute approximate surface area is 508 Å². The molecule has 0 radical (unpaired) electrons. The van der Waals surface area contributed by atoms with E-state index in [0.29, 0.717) is 6.42 Å². The number of aliphatic hydroxyl groups excluding tert-OH is 16. The number of ether oxygens (including phenoxy) is 10. The van der Waals surface area contributed by atoms with E-state index in [1.807, 2.05) is 0 Å². The zero-order valence-corrected chi connectivity index (χ0v) is 49.7. The van der Waals surface area contributed by atoms with Gasteiger partial charge in [-0.3, -0.25) is 9.59 Å². The summed E-state index contributed by atoms with van der Waals surface area (Å²) < 4.78 is 58.9. The summed E-state index contributed by atoms with van der Waals surface area (Å²) in [4.78, 5) is 38.9. The first kappa shape index (κ1) is 75.8. The van der Waals surface area contributed by atoms with Crippen LogP contribution in [-0.2, 0) is 61.8 Å². The van der Waals surface area contributed by atoms with Crippen LogP contribution in [0.4, 0.5) is 0 Å². The molecule has 5 saturated heterocycles. The number of amides is 2. The summed E-state index contributed by atoms with van der Waals surface area (Å²) in [7, 11) is 0. The summed E-state index contributed by atoms with van der Waals surface area (Å²) in [6, 6.07) is -4.71. The van der Waals surface area contributed by atoms with E-state index in [2.05, 4.69) is 17.6 Å². The molecule has 5 aliphatic heterocycles. The summed E-state index contributed by atoms with van der Waals surface area (Å²) >= 11 is 0. The molecule has 33 nitrogen and oxygen atoms in total. The maximum Gasteiger partial charge on any atom is 0.364 e. The van der Waals surface area contributed by atoms with Gasteiger partial charge in [0.25, 0.3) is 5.79 Å². The fraction of sp³-hybridized carbons (Fsp3) is 0.909. The Morgan fingerprint density at radius 2 is 1.07 bits per heavy atom. The Kier molecular flexibility index (Phi) is 31.4. The number of carbonyl (C=O) groups excluding carboxylic acids is 2. The average molecular weight is 1280 g/mol. The summed E-state index contributed by atoms with van der Waals surface area (Å²) in [6.45, 7) is -1.77. The van der Waals surface area contributed by atoms with Gasteiger partial charge in [0, 0.05) is 20.3 Å². The van der Waals surface area contributed by atoms with Crippen molar-refractivity contribution in [1.29, 1.82) is 0 Å². The standard InChI is InChI=1S/C55H97N3O30/c1-4-5-6-7-8-9-10-11-12-13-14-15-16-17-28(66)27(56)24-79-51-43(75)41(73)45(33(22-62)82-51)84-53-44(76)49(88-55(54(77)78)18-29(67)35(57-25(2)64)48(87-55)37(69)30(68)19-59)46(34(23-63)83-53)85-50-36(58-26(3)65)47(39(71)32(21-61)80-50)86-52-42(74)40(72)38(70)31(20-60)81-52/h16-17,27-53,59-63,66-76H,4-15,18-24,56H2,1-3H3,(H,57,64)(H,58,65)(H,77,78)/b17-16+/t27-,28+,29-,30+,31+,32+,33+,34+,35+,36+,37-,38-,39-,40-,41+,42+,43+,44+,45+,46-,47+,48+,49+,50-,51+,52-,53-,55-/m0/s1. The first-order valence-corrected chi connectivity index (χ1v) is 30.1. The van der Waals surface area contributed by atoms with E-state index in [9.17, 15) is 101 Å². The summed E-state index contributed by atoms with van der Waals surface area (Å²) in [5.41, 5.74) is 6.20. The second-order valence-corrected chi connectivity index (χ2v) is 23.1. The molecule has 21 N–H and O–H groups in total. The van der Waals surface area contributed by atoms with E-state index in [1.165, 1.54) is 51.0 Å². The summed E-state index contributed by atoms with van der Waals surface area (Å²) in [5.74, 6) is -7.28. The van der Waals surface area contributed by atoms with Gasteiger partial charge in [-0.15, -0.1) is 0 Å². The SMILES string of the molecule is CCCCCCCCCCCCC/C=C/[C@@H](O)[C@@H](N)CO[C@@H]1O[C@H](CO)[C@@H](O[C@@H]2O[C@H](CO)[C@H](O[C@@H]3O[C@H](CO)[C@H](O)[C@H](O[C@@H]4O[C@H](CO)[C@H](O)[C@H](O)[C@H]4O)[C@H]3NC(C)=O)[C@H](O[C@]3(C(=O)O)C[C@H](O)[C@@H](NC(C)=O)[C@H]([C@@H](O)[C@H](O)CO)O3)[C@H]2O)[C@H](O)[C@H]1O. The molecule has 0 saturated carbocycles. The van der Waals surface area contributed by atoms with E-state index in [1.54, 1.807) is 6.08 Å². The maximum atomic E-state index is 13.6. The number of hydrogen-bond acceptors (Lipinski definition) is 30. The van der Waals surface area contributed by atoms with Crippen LogP contribution in [0.25, 0.3) is 0 Å². The van der Waals surface area contributed by atoms with Crippen LogP contribution < -0.4 is 16.4 Å². The van der Waals surface area contributed by atoms with E-state index in [-0.39, 0.29) is 0 Å². The number of hydrogen-bond donors (Lipinski definition) is 20. The van der Waals surface area contributed by atoms with Gasteiger partial charge in [-0.1, -0.05) is 83.3 Å². The third-order valence-electron chi connectivity index (χ3n) is 16.3. The highest BCUT2D eigenvalue weighted by Crippen LogP contribution is 2.41. The molecule has 0 aromatic rings. The molecule has 5 fully saturated rings. The van der Waals surface area contributed by atoms with E-state index in [4.69, 9.17) is 53.1 Å². The number of unbranched alkanes of at least 4 members (excludes halogenated alkanes) is 11. The molecule has 33 heteroatoms. The van der Waals surface area contributed by atoms with Crippen molar-refractivity contribution in [1.82, 2.24) is 10.6 Å². The fourth-order valence-electron chi connectivity index (χ4n) is 11.3. The number of rotatable bonds is 35. The highest BCUT2D eigenvalue weighted by Gasteiger charge is 2.62. The first-order valence-electron chi connectivity index (χ1n) is 30.1. The molecule has 5 aliphatic rings. The smallest absolute Gasteiger partial charge is 0.364 e. The van der Waals surface area contributed by atoms with Crippen LogP contribution >= 0.6 is 0 Å². The van der Waals surface area contributed by atoms with Crippen molar-refractivity contribution in [2.75, 3.05) is 39.6 Å². The summed E-state index contributed by atoms with van der Waals surface area (Å²) in [5, 5.41) is 190. The van der Waals surface area contributed by atoms with Crippen LogP contribution in [0.2, 0.25) is 0 Å². The van der Waals surface area contributed by atoms with Crippen LogP contribution in [0.1, 0.15) is 104 Å². The molecule has 5 heterocycles. The van der Waals surface area contributed by atoms with Crippen molar-refractivity contribution in [3.8, 4) is 0 Å². The van der Waals surface area contributed by atoms with Crippen LogP contribution in [0.5, 0.6) is 0 Å². The van der Waals surface area contributed by atoms with Crippen molar-refractivity contribution in [3.63, 3.8) is 0 Å². The zero-order valence-electron chi connectivity index (χ0n) is 49.7. The number of aliphatic hydroxyl groups is 16. The van der Waals surface area contributed by atoms with Crippen molar-refractivity contribution >= 4 is 17.8 Å². The number of carboxylic acid groups (broad SMARTS) is 1. The molecule has 28 atom stereocenters. The Balaban J connectivity index is 1.42. The summed E-state index contributed by atoms with van der Waals surface area (Å²) in [6.07, 6.45) is -32.9. The number of aliphatic carboxylic acids is 1. The van der Waals surface area contributed by atoms with Crippen molar-refractivity contribution in [3.05, 3.63) is 12.2 Å². The second-order valence-electron chi connectivity index (χ2n) is 23.1. The number of carboxylic acids is 1. The average Bonchev–Trinajstić information content (AvgIpc) is 1.10. The van der Waals surface area contributed by atoms with Gasteiger partial charge in [0.2, 0.25) is 11.8 Å². The molecular weight excluding hydrogens is 1180 g/mol. The minimum absolute atomic E-state index is 0.457. The van der Waals surface area contributed by atoms with Crippen molar-refractivity contribution in [2.24, 2.45) is 5.73 Å². The van der Waals surface area contributed by atoms with Gasteiger partial charge in [-0.2, -0.15) is 0 Å². The topological polar surface area (TPSA) is 538 Å². The minimum Gasteiger partial charge on any atom is -0.477 e. The Morgan fingerprint density at radius 1 is 0.580 bits per heavy atom. The van der Waals surface area contributed by atoms with Gasteiger partial charge in [0.05, 0.1) is 63.9 Å². The molecule has 0 spiro atoms. The van der Waals surface area contributed by atoms with E-state index in [0.717, 1.165) is 39.5 Å². The Hall–Kier alpha value is -2.93. The lowest BCUT2D eigenvalue weighted by atomic mass is 9.88. The van der Waals surface area contributed by atoms with Gasteiger partial charge in [-0.05, 0) is 12.8 Å². The number of carbonyl (C=O) groups is 3. The Morgan fingerprint density at radius 3 is 1.64 bits per heavy atom. The minimum atomic E-state index is -3.36. The van der Waals surface area contributed by atoms with E-state index >= 15 is 0 Å². The van der Waals surface area contributed by atoms with Crippen LogP contribution in [0, 0.1) is 0 Å². The monoisotopic (exact) mass is 1280 g/mol. The predicted molar refractivity (Wildman–Crippen MR) is 295 cm³/mol. The third kappa shape index (κ3) is 19.8. The first-order chi connectivity index (χ1) is 41.8. The molecule has 0 aromatic carbocycles. The normalized spacial score (nSPS) is 39.6. The Bertz CT molecular complexity index is 2090. The second kappa shape index (κ2) is 36.5. The third-order valence-corrected chi connectivity index (χ3v) is 16.3. The number of nitrogens with one attached hydrogen (secondary N) is 2. The molecular formula is C55H97N3O30. The lowest BCUT2D eigenvalue weighted by Gasteiger charge is -2.52. The molecule has 512 valence electrons. The molecule has 2 amide bonds. The molecule has 0 bridgehead atoms. The van der Waals surface area contributed by atoms with Crippen LogP contribution in [0.15, 0.2) is 12.2 Å². The largest absolute Gasteiger partial charge is 0.477 e.